The maximum atomic E-state index is 12.5. The predicted octanol–water partition coefficient (Wildman–Crippen LogP) is 4.19. The van der Waals surface area contributed by atoms with Crippen LogP contribution in [0.5, 0.6) is 11.5 Å². The van der Waals surface area contributed by atoms with Gasteiger partial charge in [0.2, 0.25) is 0 Å². The summed E-state index contributed by atoms with van der Waals surface area (Å²) in [6.07, 6.45) is 4.16. The summed E-state index contributed by atoms with van der Waals surface area (Å²) in [6.45, 7) is 2.13. The molecule has 3 aromatic rings. The second-order valence-corrected chi connectivity index (χ2v) is 6.41. The van der Waals surface area contributed by atoms with Crippen LogP contribution in [0.2, 0.25) is 0 Å². The number of unbranched alkanes of at least 4 members (excludes halogenated alkanes) is 2. The number of carbonyl (C=O) groups is 1. The van der Waals surface area contributed by atoms with Crippen LogP contribution >= 0.6 is 0 Å². The van der Waals surface area contributed by atoms with Crippen LogP contribution in [-0.4, -0.2) is 16.1 Å². The third-order valence-corrected chi connectivity index (χ3v) is 4.36. The molecule has 0 bridgehead atoms. The zero-order valence-corrected chi connectivity index (χ0v) is 15.0. The van der Waals surface area contributed by atoms with Crippen molar-refractivity contribution in [2.45, 2.75) is 32.6 Å². The summed E-state index contributed by atoms with van der Waals surface area (Å²) >= 11 is 0. The summed E-state index contributed by atoms with van der Waals surface area (Å²) < 4.78 is 5.09. The molecule has 6 nitrogen and oxygen atoms in total. The molecule has 0 aliphatic carbocycles. The number of nitrogens with one attached hydrogen (secondary N) is 1. The first kappa shape index (κ1) is 18.5. The van der Waals surface area contributed by atoms with Gasteiger partial charge in [-0.1, -0.05) is 31.9 Å². The summed E-state index contributed by atoms with van der Waals surface area (Å²) in [6, 6.07) is 11.2. The van der Waals surface area contributed by atoms with Crippen molar-refractivity contribution in [2.24, 2.45) is 0 Å². The Bertz CT molecular complexity index is 1040. The number of anilines is 1. The van der Waals surface area contributed by atoms with Gasteiger partial charge >= 0.3 is 5.63 Å². The number of phenolic OH excluding ortho intramolecular Hbond substituents is 1. The molecule has 27 heavy (non-hydrogen) atoms. The predicted molar refractivity (Wildman–Crippen MR) is 103 cm³/mol. The molecule has 2 aromatic carbocycles. The Morgan fingerprint density at radius 2 is 1.93 bits per heavy atom. The maximum absolute atomic E-state index is 12.5. The molecule has 3 N–H and O–H groups in total. The fourth-order valence-corrected chi connectivity index (χ4v) is 2.92. The normalized spacial score (nSPS) is 10.9. The molecule has 0 spiro atoms. The first-order valence-electron chi connectivity index (χ1n) is 8.88. The summed E-state index contributed by atoms with van der Waals surface area (Å²) in [5, 5.41) is 22.5. The lowest BCUT2D eigenvalue weighted by atomic mass is 10.0. The van der Waals surface area contributed by atoms with Crippen molar-refractivity contribution in [2.75, 3.05) is 5.32 Å². The van der Waals surface area contributed by atoms with E-state index in [9.17, 15) is 19.8 Å². The summed E-state index contributed by atoms with van der Waals surface area (Å²) in [5.41, 5.74) is 0.260. The number of amides is 1. The van der Waals surface area contributed by atoms with Gasteiger partial charge < -0.3 is 19.9 Å². The van der Waals surface area contributed by atoms with E-state index < -0.39 is 17.3 Å². The molecule has 3 rings (SSSR count). The standard InChI is InChI=1S/C21H21NO5/c1-2-3-4-6-13-7-5-8-14(11-13)20(25)22-18-19(24)16-10-9-15(23)12-17(16)27-21(18)26/h5,7-12,23-24H,2-4,6H2,1H3,(H,22,25). The van der Waals surface area contributed by atoms with Gasteiger partial charge in [-0.3, -0.25) is 4.79 Å². The highest BCUT2D eigenvalue weighted by atomic mass is 16.4. The number of benzene rings is 2. The number of carbonyl (C=O) groups excluding carboxylic acids is 1. The highest BCUT2D eigenvalue weighted by molar-refractivity contribution is 6.06. The molecule has 0 radical (unpaired) electrons. The summed E-state index contributed by atoms with van der Waals surface area (Å²) in [7, 11) is 0. The number of hydrogen-bond donors (Lipinski definition) is 3. The van der Waals surface area contributed by atoms with E-state index in [0.29, 0.717) is 5.56 Å². The summed E-state index contributed by atoms with van der Waals surface area (Å²) in [5.74, 6) is -0.997. The van der Waals surface area contributed by atoms with Gasteiger partial charge in [-0.2, -0.15) is 0 Å². The lowest BCUT2D eigenvalue weighted by molar-refractivity contribution is 0.102. The first-order chi connectivity index (χ1) is 13.0. The minimum absolute atomic E-state index is 0.0356. The van der Waals surface area contributed by atoms with Crippen molar-refractivity contribution in [1.82, 2.24) is 0 Å². The van der Waals surface area contributed by atoms with E-state index in [1.807, 2.05) is 6.07 Å². The van der Waals surface area contributed by atoms with E-state index in [4.69, 9.17) is 4.42 Å². The SMILES string of the molecule is CCCCCc1cccc(C(=O)Nc2c(O)c3ccc(O)cc3oc2=O)c1. The zero-order chi connectivity index (χ0) is 19.4. The van der Waals surface area contributed by atoms with Crippen LogP contribution in [0.15, 0.2) is 51.7 Å². The van der Waals surface area contributed by atoms with Crippen LogP contribution in [0.25, 0.3) is 11.0 Å². The second kappa shape index (κ2) is 7.95. The molecule has 0 saturated heterocycles. The Morgan fingerprint density at radius 3 is 2.70 bits per heavy atom. The Hall–Kier alpha value is -3.28. The monoisotopic (exact) mass is 367 g/mol. The van der Waals surface area contributed by atoms with Gasteiger partial charge in [0, 0.05) is 11.6 Å². The number of aromatic hydroxyl groups is 2. The first-order valence-corrected chi connectivity index (χ1v) is 8.88. The van der Waals surface area contributed by atoms with E-state index >= 15 is 0 Å². The molecule has 6 heteroatoms. The Morgan fingerprint density at radius 1 is 1.11 bits per heavy atom. The molecule has 1 heterocycles. The van der Waals surface area contributed by atoms with Crippen molar-refractivity contribution in [3.8, 4) is 11.5 Å². The minimum Gasteiger partial charge on any atom is -0.508 e. The van der Waals surface area contributed by atoms with Crippen molar-refractivity contribution >= 4 is 22.6 Å². The highest BCUT2D eigenvalue weighted by Gasteiger charge is 2.17. The van der Waals surface area contributed by atoms with Crippen LogP contribution in [0, 0.1) is 0 Å². The molecule has 0 atom stereocenters. The van der Waals surface area contributed by atoms with E-state index in [1.165, 1.54) is 18.2 Å². The zero-order valence-electron chi connectivity index (χ0n) is 15.0. The smallest absolute Gasteiger partial charge is 0.364 e. The lowest BCUT2D eigenvalue weighted by Crippen LogP contribution is -2.18. The van der Waals surface area contributed by atoms with Gasteiger partial charge in [-0.15, -0.1) is 0 Å². The Labute approximate surface area is 156 Å². The van der Waals surface area contributed by atoms with E-state index in [2.05, 4.69) is 12.2 Å². The molecular formula is C21H21NO5. The quantitative estimate of drug-likeness (QED) is 0.448. The van der Waals surface area contributed by atoms with Crippen LogP contribution in [0.1, 0.15) is 42.1 Å². The van der Waals surface area contributed by atoms with Gasteiger partial charge in [0.15, 0.2) is 11.4 Å². The average Bonchev–Trinajstić information content (AvgIpc) is 2.65. The number of hydrogen-bond acceptors (Lipinski definition) is 5. The molecule has 0 unspecified atom stereocenters. The summed E-state index contributed by atoms with van der Waals surface area (Å²) in [4.78, 5) is 24.7. The fraction of sp³-hybridized carbons (Fsp3) is 0.238. The van der Waals surface area contributed by atoms with Crippen LogP contribution < -0.4 is 10.9 Å². The molecule has 1 amide bonds. The van der Waals surface area contributed by atoms with Crippen molar-refractivity contribution in [3.63, 3.8) is 0 Å². The molecule has 140 valence electrons. The number of fused-ring (bicyclic) bond motifs is 1. The van der Waals surface area contributed by atoms with Crippen molar-refractivity contribution < 1.29 is 19.4 Å². The van der Waals surface area contributed by atoms with Crippen molar-refractivity contribution in [1.29, 1.82) is 0 Å². The van der Waals surface area contributed by atoms with Gasteiger partial charge in [0.05, 0.1) is 5.39 Å². The highest BCUT2D eigenvalue weighted by Crippen LogP contribution is 2.31. The van der Waals surface area contributed by atoms with Gasteiger partial charge in [0.1, 0.15) is 11.3 Å². The fourth-order valence-electron chi connectivity index (χ4n) is 2.92. The Kier molecular flexibility index (Phi) is 5.45. The van der Waals surface area contributed by atoms with Crippen LogP contribution in [-0.2, 0) is 6.42 Å². The largest absolute Gasteiger partial charge is 0.508 e. The van der Waals surface area contributed by atoms with Gasteiger partial charge in [0.25, 0.3) is 5.91 Å². The molecular weight excluding hydrogens is 346 g/mol. The molecule has 0 aliphatic heterocycles. The van der Waals surface area contributed by atoms with E-state index in [-0.39, 0.29) is 22.4 Å². The molecule has 0 aliphatic rings. The minimum atomic E-state index is -0.891. The number of rotatable bonds is 6. The van der Waals surface area contributed by atoms with Crippen LogP contribution in [0.3, 0.4) is 0 Å². The maximum Gasteiger partial charge on any atom is 0.364 e. The molecule has 0 fully saturated rings. The third kappa shape index (κ3) is 4.11. The van der Waals surface area contributed by atoms with Gasteiger partial charge in [-0.25, -0.2) is 4.79 Å². The number of aryl methyl sites for hydroxylation is 1. The molecule has 0 saturated carbocycles. The van der Waals surface area contributed by atoms with E-state index in [0.717, 1.165) is 31.2 Å². The topological polar surface area (TPSA) is 99.8 Å². The Balaban J connectivity index is 1.87. The number of phenols is 1. The second-order valence-electron chi connectivity index (χ2n) is 6.41. The van der Waals surface area contributed by atoms with Crippen molar-refractivity contribution in [3.05, 3.63) is 64.0 Å². The van der Waals surface area contributed by atoms with Crippen LogP contribution in [0.4, 0.5) is 5.69 Å². The van der Waals surface area contributed by atoms with E-state index in [1.54, 1.807) is 18.2 Å². The molecule has 1 aromatic heterocycles. The van der Waals surface area contributed by atoms with Gasteiger partial charge in [-0.05, 0) is 42.7 Å². The lowest BCUT2D eigenvalue weighted by Gasteiger charge is -2.09. The third-order valence-electron chi connectivity index (χ3n) is 4.36. The average molecular weight is 367 g/mol.